The summed E-state index contributed by atoms with van der Waals surface area (Å²) in [5.41, 5.74) is 2.39. The molecule has 1 saturated carbocycles. The van der Waals surface area contributed by atoms with Crippen LogP contribution in [-0.2, 0) is 4.79 Å². The fourth-order valence-electron chi connectivity index (χ4n) is 5.02. The zero-order valence-electron chi connectivity index (χ0n) is 14.1. The van der Waals surface area contributed by atoms with Gasteiger partial charge in [0.05, 0.1) is 12.5 Å². The summed E-state index contributed by atoms with van der Waals surface area (Å²) < 4.78 is 5.14. The highest BCUT2D eigenvalue weighted by Crippen LogP contribution is 2.58. The Kier molecular flexibility index (Phi) is 3.66. The molecule has 3 rings (SSSR count). The molecule has 2 heteroatoms. The number of rotatable bonds is 2. The second-order valence-electron chi connectivity index (χ2n) is 7.97. The van der Waals surface area contributed by atoms with E-state index < -0.39 is 0 Å². The summed E-state index contributed by atoms with van der Waals surface area (Å²) in [5.74, 6) is 0.777. The average Bonchev–Trinajstić information content (AvgIpc) is 2.89. The lowest BCUT2D eigenvalue weighted by molar-refractivity contribution is -0.134. The number of furan rings is 1. The molecule has 0 amide bonds. The third kappa shape index (κ3) is 2.39. The number of fused-ring (bicyclic) bond motifs is 1. The Labute approximate surface area is 133 Å². The third-order valence-electron chi connectivity index (χ3n) is 5.86. The highest BCUT2D eigenvalue weighted by molar-refractivity contribution is 5.95. The van der Waals surface area contributed by atoms with Crippen molar-refractivity contribution in [1.29, 1.82) is 0 Å². The van der Waals surface area contributed by atoms with E-state index in [1.807, 2.05) is 12.1 Å². The Balaban J connectivity index is 2.01. The molecule has 3 atom stereocenters. The largest absolute Gasteiger partial charge is 0.472 e. The van der Waals surface area contributed by atoms with Crippen molar-refractivity contribution in [3.63, 3.8) is 0 Å². The number of allylic oxidation sites excluding steroid dienone is 3. The predicted molar refractivity (Wildman–Crippen MR) is 89.2 cm³/mol. The maximum absolute atomic E-state index is 12.7. The summed E-state index contributed by atoms with van der Waals surface area (Å²) in [7, 11) is 0. The molecule has 1 aromatic rings. The fourth-order valence-corrected chi connectivity index (χ4v) is 5.02. The molecule has 0 spiro atoms. The van der Waals surface area contributed by atoms with Crippen molar-refractivity contribution in [2.45, 2.75) is 47.0 Å². The number of carbonyl (C=O) groups excluding carboxylic acids is 1. The van der Waals surface area contributed by atoms with E-state index in [1.165, 1.54) is 12.0 Å². The van der Waals surface area contributed by atoms with Crippen LogP contribution in [0.1, 0.15) is 52.5 Å². The minimum absolute atomic E-state index is 0.0257. The van der Waals surface area contributed by atoms with Crippen LogP contribution in [0.15, 0.2) is 40.7 Å². The Morgan fingerprint density at radius 2 is 2.05 bits per heavy atom. The van der Waals surface area contributed by atoms with Crippen molar-refractivity contribution < 1.29 is 9.21 Å². The summed E-state index contributed by atoms with van der Waals surface area (Å²) in [5, 5.41) is 0. The maximum atomic E-state index is 12.7. The highest BCUT2D eigenvalue weighted by atomic mass is 16.3. The molecule has 0 radical (unpaired) electrons. The van der Waals surface area contributed by atoms with Crippen molar-refractivity contribution in [2.24, 2.45) is 22.7 Å². The van der Waals surface area contributed by atoms with Gasteiger partial charge in [-0.1, -0.05) is 44.9 Å². The molecule has 22 heavy (non-hydrogen) atoms. The van der Waals surface area contributed by atoms with E-state index in [2.05, 4.69) is 39.8 Å². The Bertz CT molecular complexity index is 618. The first-order chi connectivity index (χ1) is 10.3. The Hall–Kier alpha value is -1.57. The normalized spacial score (nSPS) is 34.5. The van der Waals surface area contributed by atoms with E-state index >= 15 is 0 Å². The van der Waals surface area contributed by atoms with Crippen LogP contribution in [0.3, 0.4) is 0 Å². The van der Waals surface area contributed by atoms with Crippen LogP contribution in [0.25, 0.3) is 6.08 Å². The van der Waals surface area contributed by atoms with E-state index in [0.29, 0.717) is 11.7 Å². The highest BCUT2D eigenvalue weighted by Gasteiger charge is 2.54. The van der Waals surface area contributed by atoms with Crippen LogP contribution in [0, 0.1) is 22.7 Å². The standard InChI is InChI=1S/C20H26O2/c1-14-12-17(21)18-19(2,3)9-5-10-20(18,4)16(14)7-6-15-8-11-22-13-15/h6-8,11-13,16,18H,5,9-10H2,1-4H3/b7-6-/t16-,18?,20+/m0/s1. The van der Waals surface area contributed by atoms with Crippen molar-refractivity contribution in [1.82, 2.24) is 0 Å². The van der Waals surface area contributed by atoms with Gasteiger partial charge in [-0.3, -0.25) is 4.79 Å². The minimum Gasteiger partial charge on any atom is -0.472 e. The van der Waals surface area contributed by atoms with Gasteiger partial charge in [0.25, 0.3) is 0 Å². The summed E-state index contributed by atoms with van der Waals surface area (Å²) >= 11 is 0. The second kappa shape index (κ2) is 5.26. The molecule has 0 bridgehead atoms. The van der Waals surface area contributed by atoms with Crippen LogP contribution in [0.4, 0.5) is 0 Å². The lowest BCUT2D eigenvalue weighted by Gasteiger charge is -2.55. The van der Waals surface area contributed by atoms with E-state index in [-0.39, 0.29) is 16.7 Å². The molecule has 0 saturated heterocycles. The molecular weight excluding hydrogens is 272 g/mol. The van der Waals surface area contributed by atoms with Crippen LogP contribution < -0.4 is 0 Å². The molecule has 118 valence electrons. The summed E-state index contributed by atoms with van der Waals surface area (Å²) in [6.07, 6.45) is 13.2. The first-order valence-electron chi connectivity index (χ1n) is 8.27. The number of hydrogen-bond acceptors (Lipinski definition) is 2. The van der Waals surface area contributed by atoms with Crippen molar-refractivity contribution in [3.8, 4) is 0 Å². The second-order valence-corrected chi connectivity index (χ2v) is 7.97. The number of hydrogen-bond donors (Lipinski definition) is 0. The quantitative estimate of drug-likeness (QED) is 0.744. The molecule has 1 aromatic heterocycles. The zero-order valence-corrected chi connectivity index (χ0v) is 14.1. The van der Waals surface area contributed by atoms with Gasteiger partial charge in [0.15, 0.2) is 5.78 Å². The molecule has 0 aliphatic heterocycles. The SMILES string of the molecule is CC1=CC(=O)C2C(C)(C)CCC[C@]2(C)[C@H]1/C=C\c1ccoc1. The molecule has 1 unspecified atom stereocenters. The minimum atomic E-state index is 0.0257. The molecule has 1 fully saturated rings. The van der Waals surface area contributed by atoms with Gasteiger partial charge in [-0.2, -0.15) is 0 Å². The molecule has 2 nitrogen and oxygen atoms in total. The Morgan fingerprint density at radius 1 is 1.27 bits per heavy atom. The van der Waals surface area contributed by atoms with E-state index in [9.17, 15) is 4.79 Å². The van der Waals surface area contributed by atoms with E-state index in [0.717, 1.165) is 18.4 Å². The maximum Gasteiger partial charge on any atom is 0.159 e. The fraction of sp³-hybridized carbons (Fsp3) is 0.550. The van der Waals surface area contributed by atoms with Crippen LogP contribution in [0.5, 0.6) is 0 Å². The van der Waals surface area contributed by atoms with E-state index in [4.69, 9.17) is 4.42 Å². The van der Waals surface area contributed by atoms with Gasteiger partial charge in [0.2, 0.25) is 0 Å². The van der Waals surface area contributed by atoms with Crippen molar-refractivity contribution >= 4 is 11.9 Å². The predicted octanol–water partition coefficient (Wildman–Crippen LogP) is 5.27. The lowest BCUT2D eigenvalue weighted by atomic mass is 9.48. The summed E-state index contributed by atoms with van der Waals surface area (Å²) in [6, 6.07) is 1.97. The molecule has 2 aliphatic carbocycles. The monoisotopic (exact) mass is 298 g/mol. The average molecular weight is 298 g/mol. The lowest BCUT2D eigenvalue weighted by Crippen LogP contribution is -2.52. The first-order valence-corrected chi connectivity index (χ1v) is 8.27. The molecular formula is C20H26O2. The van der Waals surface area contributed by atoms with Gasteiger partial charge in [-0.25, -0.2) is 0 Å². The summed E-state index contributed by atoms with van der Waals surface area (Å²) in [6.45, 7) is 8.94. The third-order valence-corrected chi connectivity index (χ3v) is 5.86. The van der Waals surface area contributed by atoms with Crippen LogP contribution in [-0.4, -0.2) is 5.78 Å². The molecule has 2 aliphatic rings. The topological polar surface area (TPSA) is 30.2 Å². The van der Waals surface area contributed by atoms with Gasteiger partial charge >= 0.3 is 0 Å². The number of ketones is 1. The molecule has 0 N–H and O–H groups in total. The van der Waals surface area contributed by atoms with Gasteiger partial charge in [-0.05, 0) is 42.7 Å². The van der Waals surface area contributed by atoms with E-state index in [1.54, 1.807) is 12.5 Å². The zero-order chi connectivity index (χ0) is 16.0. The number of carbonyl (C=O) groups is 1. The van der Waals surface area contributed by atoms with Gasteiger partial charge in [0.1, 0.15) is 0 Å². The van der Waals surface area contributed by atoms with Crippen molar-refractivity contribution in [2.75, 3.05) is 0 Å². The Morgan fingerprint density at radius 3 is 2.73 bits per heavy atom. The van der Waals surface area contributed by atoms with Gasteiger partial charge in [-0.15, -0.1) is 0 Å². The smallest absolute Gasteiger partial charge is 0.159 e. The summed E-state index contributed by atoms with van der Waals surface area (Å²) in [4.78, 5) is 12.7. The van der Waals surface area contributed by atoms with Crippen LogP contribution >= 0.6 is 0 Å². The van der Waals surface area contributed by atoms with Crippen molar-refractivity contribution in [3.05, 3.63) is 41.9 Å². The van der Waals surface area contributed by atoms with Gasteiger partial charge < -0.3 is 4.42 Å². The van der Waals surface area contributed by atoms with Gasteiger partial charge in [0, 0.05) is 17.4 Å². The first kappa shape index (κ1) is 15.3. The van der Waals surface area contributed by atoms with Crippen LogP contribution in [0.2, 0.25) is 0 Å². The molecule has 0 aromatic carbocycles. The molecule has 1 heterocycles.